The average Bonchev–Trinajstić information content (AvgIpc) is 2.63. The smallest absolute Gasteiger partial charge is 0.339 e. The van der Waals surface area contributed by atoms with E-state index in [1.807, 2.05) is 81.4 Å². The van der Waals surface area contributed by atoms with Crippen molar-refractivity contribution in [2.24, 2.45) is 0 Å². The Morgan fingerprint density at radius 2 is 1.30 bits per heavy atom. The van der Waals surface area contributed by atoms with E-state index >= 15 is 0 Å². The maximum Gasteiger partial charge on any atom is 0.339 e. The van der Waals surface area contributed by atoms with Gasteiger partial charge >= 0.3 is 5.97 Å². The van der Waals surface area contributed by atoms with Crippen molar-refractivity contribution in [3.8, 4) is 0 Å². The molecule has 0 heterocycles. The van der Waals surface area contributed by atoms with Gasteiger partial charge in [0.05, 0.1) is 11.5 Å². The second kappa shape index (κ2) is 7.98. The molecular weight excluding hydrogens is 356 g/mol. The molecule has 0 saturated carbocycles. The van der Waals surface area contributed by atoms with Gasteiger partial charge in [0.15, 0.2) is 0 Å². The van der Waals surface area contributed by atoms with E-state index in [-0.39, 0.29) is 5.97 Å². The first-order valence-electron chi connectivity index (χ1n) is 8.87. The lowest BCUT2D eigenvalue weighted by atomic mass is 9.83. The van der Waals surface area contributed by atoms with Crippen molar-refractivity contribution in [1.82, 2.24) is 0 Å². The maximum absolute atomic E-state index is 12.9. The fourth-order valence-electron chi connectivity index (χ4n) is 2.95. The molecule has 0 fully saturated rings. The van der Waals surface area contributed by atoms with Crippen LogP contribution in [0, 0.1) is 5.92 Å². The van der Waals surface area contributed by atoms with E-state index in [9.17, 15) is 4.79 Å². The van der Waals surface area contributed by atoms with Gasteiger partial charge in [0.25, 0.3) is 0 Å². The minimum Gasteiger partial charge on any atom is -0.456 e. The van der Waals surface area contributed by atoms with Crippen LogP contribution in [0.25, 0.3) is 0 Å². The van der Waals surface area contributed by atoms with Crippen molar-refractivity contribution >= 4 is 17.6 Å². The van der Waals surface area contributed by atoms with Gasteiger partial charge in [0.1, 0.15) is 5.60 Å². The minimum absolute atomic E-state index is 0.385. The van der Waals surface area contributed by atoms with E-state index in [0.29, 0.717) is 16.1 Å². The molecular formula is C24H22ClO2. The van der Waals surface area contributed by atoms with Crippen molar-refractivity contribution in [1.29, 1.82) is 0 Å². The van der Waals surface area contributed by atoms with E-state index in [2.05, 4.69) is 0 Å². The third kappa shape index (κ3) is 4.58. The number of hydrogen-bond donors (Lipinski definition) is 0. The molecule has 0 spiro atoms. The molecule has 0 bridgehead atoms. The number of carbonyl (C=O) groups excluding carboxylic acids is 1. The first-order valence-corrected chi connectivity index (χ1v) is 9.24. The molecule has 0 N–H and O–H groups in total. The highest BCUT2D eigenvalue weighted by atomic mass is 35.5. The van der Waals surface area contributed by atoms with Crippen LogP contribution < -0.4 is 0 Å². The van der Waals surface area contributed by atoms with Crippen LogP contribution >= 0.6 is 11.6 Å². The van der Waals surface area contributed by atoms with E-state index in [0.717, 1.165) is 17.0 Å². The average molecular weight is 378 g/mol. The highest BCUT2D eigenvalue weighted by Gasteiger charge is 2.28. The van der Waals surface area contributed by atoms with Gasteiger partial charge in [0.2, 0.25) is 0 Å². The molecule has 0 unspecified atom stereocenters. The number of benzene rings is 3. The molecule has 0 aromatic heterocycles. The molecule has 0 atom stereocenters. The van der Waals surface area contributed by atoms with Crippen LogP contribution in [0.3, 0.4) is 0 Å². The number of esters is 1. The molecule has 27 heavy (non-hydrogen) atoms. The summed E-state index contributed by atoms with van der Waals surface area (Å²) in [6.45, 7) is 5.57. The number of ether oxygens (including phenoxy) is 1. The van der Waals surface area contributed by atoms with Crippen LogP contribution in [0.4, 0.5) is 0 Å². The molecule has 137 valence electrons. The lowest BCUT2D eigenvalue weighted by Gasteiger charge is -2.24. The predicted molar refractivity (Wildman–Crippen MR) is 110 cm³/mol. The van der Waals surface area contributed by atoms with Gasteiger partial charge in [-0.1, -0.05) is 78.3 Å². The molecule has 0 aliphatic heterocycles. The molecule has 0 aliphatic rings. The Morgan fingerprint density at radius 3 is 1.78 bits per heavy atom. The van der Waals surface area contributed by atoms with E-state index in [4.69, 9.17) is 16.3 Å². The van der Waals surface area contributed by atoms with Crippen molar-refractivity contribution in [2.75, 3.05) is 0 Å². The fraction of sp³-hybridized carbons (Fsp3) is 0.167. The molecule has 0 saturated heterocycles. The molecule has 3 aromatic carbocycles. The van der Waals surface area contributed by atoms with E-state index in [1.165, 1.54) is 0 Å². The first kappa shape index (κ1) is 19.2. The summed E-state index contributed by atoms with van der Waals surface area (Å²) in [6, 6.07) is 25.2. The molecule has 1 radical (unpaired) electrons. The van der Waals surface area contributed by atoms with Crippen molar-refractivity contribution in [2.45, 2.75) is 26.4 Å². The number of carbonyl (C=O) groups is 1. The zero-order chi connectivity index (χ0) is 19.4. The highest BCUT2D eigenvalue weighted by Crippen LogP contribution is 2.37. The lowest BCUT2D eigenvalue weighted by Crippen LogP contribution is -2.25. The molecule has 0 aliphatic carbocycles. The summed E-state index contributed by atoms with van der Waals surface area (Å²) in [7, 11) is 0. The fourth-order valence-corrected chi connectivity index (χ4v) is 3.22. The summed E-state index contributed by atoms with van der Waals surface area (Å²) >= 11 is 6.61. The van der Waals surface area contributed by atoms with Crippen LogP contribution in [0.1, 0.15) is 47.8 Å². The second-order valence-corrected chi connectivity index (χ2v) is 7.68. The molecule has 3 rings (SSSR count). The molecule has 3 heteroatoms. The Hall–Kier alpha value is -2.58. The van der Waals surface area contributed by atoms with Gasteiger partial charge in [-0.25, -0.2) is 4.79 Å². The topological polar surface area (TPSA) is 26.3 Å². The summed E-state index contributed by atoms with van der Waals surface area (Å²) in [5, 5.41) is 0.515. The summed E-state index contributed by atoms with van der Waals surface area (Å²) < 4.78 is 5.63. The van der Waals surface area contributed by atoms with Crippen LogP contribution in [0.5, 0.6) is 0 Å². The third-order valence-corrected chi connectivity index (χ3v) is 4.32. The summed E-state index contributed by atoms with van der Waals surface area (Å²) in [5.41, 5.74) is 2.53. The van der Waals surface area contributed by atoms with Crippen molar-refractivity contribution in [3.05, 3.63) is 112 Å². The Labute approximate surface area is 165 Å². The maximum atomic E-state index is 12.9. The van der Waals surface area contributed by atoms with E-state index < -0.39 is 5.60 Å². The zero-order valence-electron chi connectivity index (χ0n) is 15.7. The normalized spacial score (nSPS) is 11.4. The summed E-state index contributed by atoms with van der Waals surface area (Å²) in [5.74, 6) is 0.520. The zero-order valence-corrected chi connectivity index (χ0v) is 16.5. The number of halogens is 1. The van der Waals surface area contributed by atoms with Gasteiger partial charge in [-0.2, -0.15) is 0 Å². The van der Waals surface area contributed by atoms with Crippen LogP contribution in [-0.2, 0) is 4.74 Å². The van der Waals surface area contributed by atoms with Gasteiger partial charge < -0.3 is 4.74 Å². The standard InChI is InChI=1S/C24H22ClO2/c1-24(2,3)27-23(26)19-15-10-16-20(25)22(19)21(17-11-6-4-7-12-17)18-13-8-5-9-14-18/h4-16H,1-3H3. The summed E-state index contributed by atoms with van der Waals surface area (Å²) in [6.07, 6.45) is 0. The van der Waals surface area contributed by atoms with Gasteiger partial charge in [-0.15, -0.1) is 0 Å². The molecule has 0 amide bonds. The number of hydrogen-bond acceptors (Lipinski definition) is 2. The lowest BCUT2D eigenvalue weighted by molar-refractivity contribution is 0.00688. The second-order valence-electron chi connectivity index (χ2n) is 7.27. The van der Waals surface area contributed by atoms with E-state index in [1.54, 1.807) is 18.2 Å². The Morgan fingerprint density at radius 1 is 0.778 bits per heavy atom. The predicted octanol–water partition coefficient (Wildman–Crippen LogP) is 6.31. The SMILES string of the molecule is CC(C)(C)OC(=O)c1cccc(Cl)c1[C](c1ccccc1)c1ccccc1. The van der Waals surface area contributed by atoms with Crippen LogP contribution in [0.2, 0.25) is 5.02 Å². The monoisotopic (exact) mass is 377 g/mol. The highest BCUT2D eigenvalue weighted by molar-refractivity contribution is 6.32. The van der Waals surface area contributed by atoms with Gasteiger partial charge in [-0.3, -0.25) is 0 Å². The third-order valence-electron chi connectivity index (χ3n) is 4.01. The van der Waals surface area contributed by atoms with Crippen LogP contribution in [-0.4, -0.2) is 11.6 Å². The molecule has 2 nitrogen and oxygen atoms in total. The quantitative estimate of drug-likeness (QED) is 0.393. The Kier molecular flexibility index (Phi) is 5.67. The van der Waals surface area contributed by atoms with Gasteiger partial charge in [-0.05, 0) is 44.0 Å². The molecule has 3 aromatic rings. The minimum atomic E-state index is -0.587. The van der Waals surface area contributed by atoms with Crippen molar-refractivity contribution in [3.63, 3.8) is 0 Å². The first-order chi connectivity index (χ1) is 12.9. The largest absolute Gasteiger partial charge is 0.456 e. The van der Waals surface area contributed by atoms with Crippen molar-refractivity contribution < 1.29 is 9.53 Å². The Balaban J connectivity index is 2.20. The van der Waals surface area contributed by atoms with Gasteiger partial charge in [0, 0.05) is 10.6 Å². The number of rotatable bonds is 4. The van der Waals surface area contributed by atoms with Crippen LogP contribution in [0.15, 0.2) is 78.9 Å². The summed E-state index contributed by atoms with van der Waals surface area (Å²) in [4.78, 5) is 12.9. The Bertz CT molecular complexity index is 873.